The van der Waals surface area contributed by atoms with Crippen molar-refractivity contribution < 1.29 is 4.79 Å². The number of piperazine rings is 1. The van der Waals surface area contributed by atoms with Crippen molar-refractivity contribution in [3.63, 3.8) is 0 Å². The molecule has 0 aromatic carbocycles. The molecular formula is C14H20Cl2N4O. The number of fused-ring (bicyclic) bond motifs is 1. The zero-order chi connectivity index (χ0) is 13.2. The van der Waals surface area contributed by atoms with E-state index in [0.29, 0.717) is 6.42 Å². The van der Waals surface area contributed by atoms with E-state index in [2.05, 4.69) is 17.2 Å². The monoisotopic (exact) mass is 330 g/mol. The number of hydrogen-bond donors (Lipinski definition) is 1. The maximum atomic E-state index is 12.3. The van der Waals surface area contributed by atoms with Crippen LogP contribution in [0.3, 0.4) is 0 Å². The average molecular weight is 331 g/mol. The van der Waals surface area contributed by atoms with Gasteiger partial charge in [0.25, 0.3) is 0 Å². The molecule has 1 atom stereocenters. The van der Waals surface area contributed by atoms with Crippen molar-refractivity contribution in [2.24, 2.45) is 0 Å². The first-order valence-electron chi connectivity index (χ1n) is 6.67. The highest BCUT2D eigenvalue weighted by atomic mass is 35.5. The molecule has 5 nitrogen and oxygen atoms in total. The Morgan fingerprint density at radius 1 is 1.43 bits per heavy atom. The number of hydrogen-bond acceptors (Lipinski definition) is 3. The molecule has 1 aliphatic heterocycles. The largest absolute Gasteiger partial charge is 0.337 e. The molecule has 0 spiro atoms. The number of carbonyl (C=O) groups is 1. The summed E-state index contributed by atoms with van der Waals surface area (Å²) in [6, 6.07) is 6.12. The summed E-state index contributed by atoms with van der Waals surface area (Å²) in [4.78, 5) is 18.7. The third-order valence-corrected chi connectivity index (χ3v) is 3.57. The molecule has 3 rings (SSSR count). The minimum absolute atomic E-state index is 0. The summed E-state index contributed by atoms with van der Waals surface area (Å²) in [5.74, 6) is 0.164. The SMILES string of the molecule is C[C@@H]1CNCCN1C(=O)Cc1cn2ccccc2n1.Cl.Cl. The second kappa shape index (κ2) is 7.64. The first-order valence-corrected chi connectivity index (χ1v) is 6.67. The van der Waals surface area contributed by atoms with E-state index in [1.54, 1.807) is 0 Å². The van der Waals surface area contributed by atoms with Crippen LogP contribution < -0.4 is 5.32 Å². The quantitative estimate of drug-likeness (QED) is 0.908. The topological polar surface area (TPSA) is 49.6 Å². The molecule has 0 saturated carbocycles. The molecule has 1 N–H and O–H groups in total. The van der Waals surface area contributed by atoms with Crippen LogP contribution in [0.4, 0.5) is 0 Å². The molecule has 116 valence electrons. The number of halogens is 2. The van der Waals surface area contributed by atoms with Crippen LogP contribution in [-0.2, 0) is 11.2 Å². The lowest BCUT2D eigenvalue weighted by Crippen LogP contribution is -2.52. The lowest BCUT2D eigenvalue weighted by molar-refractivity contribution is -0.133. The van der Waals surface area contributed by atoms with E-state index < -0.39 is 0 Å². The van der Waals surface area contributed by atoms with Crippen molar-refractivity contribution in [2.45, 2.75) is 19.4 Å². The standard InChI is InChI=1S/C14H18N4O.2ClH/c1-11-9-15-5-7-18(11)14(19)8-12-10-17-6-3-2-4-13(17)16-12;;/h2-4,6,10-11,15H,5,7-9H2,1H3;2*1H/t11-;;/m1../s1. The van der Waals surface area contributed by atoms with Crippen molar-refractivity contribution >= 4 is 36.4 Å². The molecule has 1 saturated heterocycles. The number of imidazole rings is 1. The van der Waals surface area contributed by atoms with Crippen LogP contribution in [0.15, 0.2) is 30.6 Å². The minimum Gasteiger partial charge on any atom is -0.337 e. The number of aromatic nitrogens is 2. The maximum Gasteiger partial charge on any atom is 0.228 e. The van der Waals surface area contributed by atoms with Gasteiger partial charge in [-0.15, -0.1) is 24.8 Å². The van der Waals surface area contributed by atoms with Gasteiger partial charge in [-0.05, 0) is 19.1 Å². The van der Waals surface area contributed by atoms with Crippen molar-refractivity contribution in [2.75, 3.05) is 19.6 Å². The van der Waals surface area contributed by atoms with Crippen LogP contribution in [0.1, 0.15) is 12.6 Å². The Morgan fingerprint density at radius 2 is 2.24 bits per heavy atom. The van der Waals surface area contributed by atoms with Gasteiger partial charge in [-0.1, -0.05) is 6.07 Å². The fourth-order valence-corrected chi connectivity index (χ4v) is 2.54. The van der Waals surface area contributed by atoms with E-state index in [1.165, 1.54) is 0 Å². The number of rotatable bonds is 2. The zero-order valence-electron chi connectivity index (χ0n) is 11.9. The predicted molar refractivity (Wildman–Crippen MR) is 87.4 cm³/mol. The van der Waals surface area contributed by atoms with Gasteiger partial charge < -0.3 is 14.6 Å². The van der Waals surface area contributed by atoms with E-state index in [1.807, 2.05) is 39.9 Å². The summed E-state index contributed by atoms with van der Waals surface area (Å²) < 4.78 is 1.95. The molecular weight excluding hydrogens is 311 g/mol. The van der Waals surface area contributed by atoms with Crippen molar-refractivity contribution in [1.82, 2.24) is 19.6 Å². The minimum atomic E-state index is 0. The van der Waals surface area contributed by atoms with Gasteiger partial charge in [0.15, 0.2) is 0 Å². The Labute approximate surface area is 136 Å². The molecule has 3 heterocycles. The van der Waals surface area contributed by atoms with E-state index >= 15 is 0 Å². The van der Waals surface area contributed by atoms with Crippen molar-refractivity contribution in [1.29, 1.82) is 0 Å². The second-order valence-electron chi connectivity index (χ2n) is 5.02. The van der Waals surface area contributed by atoms with Gasteiger partial charge in [0.2, 0.25) is 5.91 Å². The third-order valence-electron chi connectivity index (χ3n) is 3.57. The molecule has 1 amide bonds. The molecule has 2 aromatic rings. The highest BCUT2D eigenvalue weighted by molar-refractivity contribution is 5.85. The molecule has 0 radical (unpaired) electrons. The molecule has 2 aromatic heterocycles. The van der Waals surface area contributed by atoms with Gasteiger partial charge in [0, 0.05) is 38.1 Å². The van der Waals surface area contributed by atoms with Gasteiger partial charge in [0.1, 0.15) is 5.65 Å². The highest BCUT2D eigenvalue weighted by Crippen LogP contribution is 2.09. The van der Waals surface area contributed by atoms with Gasteiger partial charge in [0.05, 0.1) is 12.1 Å². The van der Waals surface area contributed by atoms with E-state index in [4.69, 9.17) is 0 Å². The normalized spacial score (nSPS) is 18.0. The number of nitrogens with zero attached hydrogens (tertiary/aromatic N) is 3. The molecule has 0 bridgehead atoms. The second-order valence-corrected chi connectivity index (χ2v) is 5.02. The van der Waals surface area contributed by atoms with Crippen LogP contribution in [0.25, 0.3) is 5.65 Å². The zero-order valence-corrected chi connectivity index (χ0v) is 13.5. The number of amides is 1. The Kier molecular flexibility index (Phi) is 6.45. The van der Waals surface area contributed by atoms with Crippen molar-refractivity contribution in [3.8, 4) is 0 Å². The van der Waals surface area contributed by atoms with Gasteiger partial charge in [-0.2, -0.15) is 0 Å². The van der Waals surface area contributed by atoms with Gasteiger partial charge >= 0.3 is 0 Å². The third kappa shape index (κ3) is 3.87. The first kappa shape index (κ1) is 17.8. The smallest absolute Gasteiger partial charge is 0.228 e. The average Bonchev–Trinajstić information content (AvgIpc) is 2.81. The van der Waals surface area contributed by atoms with E-state index in [-0.39, 0.29) is 36.8 Å². The fourth-order valence-electron chi connectivity index (χ4n) is 2.54. The number of carbonyl (C=O) groups excluding carboxylic acids is 1. The Balaban J connectivity index is 0.00000110. The van der Waals surface area contributed by atoms with Crippen LogP contribution >= 0.6 is 24.8 Å². The Hall–Kier alpha value is -1.30. The molecule has 0 unspecified atom stereocenters. The molecule has 1 aliphatic rings. The van der Waals surface area contributed by atoms with Crippen LogP contribution in [0, 0.1) is 0 Å². The number of nitrogens with one attached hydrogen (secondary N) is 1. The van der Waals surface area contributed by atoms with E-state index in [0.717, 1.165) is 31.0 Å². The Morgan fingerprint density at radius 3 is 2.95 bits per heavy atom. The summed E-state index contributed by atoms with van der Waals surface area (Å²) in [6.07, 6.45) is 4.26. The molecule has 21 heavy (non-hydrogen) atoms. The summed E-state index contributed by atoms with van der Waals surface area (Å²) in [6.45, 7) is 4.61. The first-order chi connectivity index (χ1) is 9.24. The maximum absolute atomic E-state index is 12.3. The van der Waals surface area contributed by atoms with Crippen LogP contribution in [0.5, 0.6) is 0 Å². The molecule has 1 fully saturated rings. The van der Waals surface area contributed by atoms with Gasteiger partial charge in [-0.25, -0.2) is 4.98 Å². The lowest BCUT2D eigenvalue weighted by Gasteiger charge is -2.33. The summed E-state index contributed by atoms with van der Waals surface area (Å²) in [7, 11) is 0. The fraction of sp³-hybridized carbons (Fsp3) is 0.429. The molecule has 0 aliphatic carbocycles. The van der Waals surface area contributed by atoms with Crippen LogP contribution in [0.2, 0.25) is 0 Å². The molecule has 7 heteroatoms. The Bertz CT molecular complexity index is 568. The van der Waals surface area contributed by atoms with Crippen molar-refractivity contribution in [3.05, 3.63) is 36.3 Å². The highest BCUT2D eigenvalue weighted by Gasteiger charge is 2.23. The van der Waals surface area contributed by atoms with Gasteiger partial charge in [-0.3, -0.25) is 4.79 Å². The van der Waals surface area contributed by atoms with Crippen LogP contribution in [-0.4, -0.2) is 45.9 Å². The summed E-state index contributed by atoms with van der Waals surface area (Å²) in [5, 5.41) is 3.29. The summed E-state index contributed by atoms with van der Waals surface area (Å²) >= 11 is 0. The lowest BCUT2D eigenvalue weighted by atomic mass is 10.2. The van der Waals surface area contributed by atoms with E-state index in [9.17, 15) is 4.79 Å². The summed E-state index contributed by atoms with van der Waals surface area (Å²) in [5.41, 5.74) is 1.72. The number of pyridine rings is 1. The predicted octanol–water partition coefficient (Wildman–Crippen LogP) is 1.54.